The zero-order valence-electron chi connectivity index (χ0n) is 16.9. The van der Waals surface area contributed by atoms with Crippen molar-refractivity contribution >= 4 is 18.4 Å². The summed E-state index contributed by atoms with van der Waals surface area (Å²) >= 11 is 5.39. The van der Waals surface area contributed by atoms with Gasteiger partial charge in [-0.2, -0.15) is 20.0 Å². The Balaban J connectivity index is 1.62. The van der Waals surface area contributed by atoms with Crippen LogP contribution < -0.4 is 0 Å². The summed E-state index contributed by atoms with van der Waals surface area (Å²) in [5.74, 6) is 1.35. The lowest BCUT2D eigenvalue weighted by molar-refractivity contribution is 0.773. The van der Waals surface area contributed by atoms with Crippen molar-refractivity contribution in [2.24, 2.45) is 5.10 Å². The van der Waals surface area contributed by atoms with Crippen LogP contribution in [0.5, 0.6) is 0 Å². The topological polar surface area (TPSA) is 63.8 Å². The van der Waals surface area contributed by atoms with Gasteiger partial charge in [0.2, 0.25) is 4.77 Å². The molecule has 1 N–H and O–H groups in total. The number of hydrogen-bond donors (Lipinski definition) is 1. The van der Waals surface area contributed by atoms with E-state index < -0.39 is 0 Å². The molecule has 0 saturated heterocycles. The Kier molecular flexibility index (Phi) is 4.67. The molecule has 2 aromatic carbocycles. The molecule has 1 fully saturated rings. The van der Waals surface area contributed by atoms with Crippen molar-refractivity contribution in [1.29, 1.82) is 0 Å². The third-order valence-electron chi connectivity index (χ3n) is 5.33. The summed E-state index contributed by atoms with van der Waals surface area (Å²) in [6, 6.07) is 16.5. The monoisotopic (exact) mass is 414 g/mol. The van der Waals surface area contributed by atoms with Crippen LogP contribution in [-0.2, 0) is 0 Å². The van der Waals surface area contributed by atoms with Gasteiger partial charge in [0.25, 0.3) is 0 Å². The van der Waals surface area contributed by atoms with Crippen molar-refractivity contribution in [3.8, 4) is 16.9 Å². The maximum atomic E-state index is 5.39. The van der Waals surface area contributed by atoms with Crippen molar-refractivity contribution in [3.05, 3.63) is 82.0 Å². The third kappa shape index (κ3) is 3.52. The zero-order valence-corrected chi connectivity index (χ0v) is 17.7. The minimum absolute atomic E-state index is 0.445. The fourth-order valence-electron chi connectivity index (χ4n) is 3.62. The predicted octanol–water partition coefficient (Wildman–Crippen LogP) is 5.17. The van der Waals surface area contributed by atoms with E-state index in [1.165, 1.54) is 11.1 Å². The lowest BCUT2D eigenvalue weighted by Crippen LogP contribution is -1.97. The molecule has 0 atom stereocenters. The van der Waals surface area contributed by atoms with Gasteiger partial charge < -0.3 is 0 Å². The Morgan fingerprint density at radius 3 is 2.67 bits per heavy atom. The van der Waals surface area contributed by atoms with Gasteiger partial charge in [-0.1, -0.05) is 42.0 Å². The van der Waals surface area contributed by atoms with Crippen LogP contribution >= 0.6 is 12.2 Å². The molecule has 0 spiro atoms. The highest BCUT2D eigenvalue weighted by molar-refractivity contribution is 7.71. The number of aromatic nitrogens is 5. The molecular weight excluding hydrogens is 392 g/mol. The average Bonchev–Trinajstić information content (AvgIpc) is 3.40. The van der Waals surface area contributed by atoms with E-state index in [-0.39, 0.29) is 0 Å². The van der Waals surface area contributed by atoms with Crippen LogP contribution in [0.1, 0.15) is 41.3 Å². The van der Waals surface area contributed by atoms with E-state index in [0.29, 0.717) is 10.7 Å². The van der Waals surface area contributed by atoms with E-state index in [1.54, 1.807) is 4.68 Å². The molecule has 2 heterocycles. The van der Waals surface area contributed by atoms with Gasteiger partial charge in [0.1, 0.15) is 5.69 Å². The maximum absolute atomic E-state index is 5.39. The molecule has 4 aromatic rings. The molecular formula is C23H22N6S. The number of rotatable bonds is 5. The van der Waals surface area contributed by atoms with Crippen molar-refractivity contribution in [2.75, 3.05) is 0 Å². The highest BCUT2D eigenvalue weighted by atomic mass is 32.1. The minimum Gasteiger partial charge on any atom is -0.250 e. The predicted molar refractivity (Wildman–Crippen MR) is 121 cm³/mol. The molecule has 6 nitrogen and oxygen atoms in total. The largest absolute Gasteiger partial charge is 0.250 e. The lowest BCUT2D eigenvalue weighted by Gasteiger charge is -2.05. The van der Waals surface area contributed by atoms with Crippen LogP contribution in [0.4, 0.5) is 0 Å². The SMILES string of the molecule is Cc1ccc(-c2nn(-c3ccccc3)cc2/C=N\n2c(C3CC3)n[nH]c2=S)c(C)c1. The number of nitrogens with zero attached hydrogens (tertiary/aromatic N) is 5. The number of para-hydroxylation sites is 1. The van der Waals surface area contributed by atoms with Gasteiger partial charge in [-0.15, -0.1) is 0 Å². The molecule has 2 aromatic heterocycles. The average molecular weight is 415 g/mol. The van der Waals surface area contributed by atoms with E-state index in [0.717, 1.165) is 41.2 Å². The summed E-state index contributed by atoms with van der Waals surface area (Å²) in [6.45, 7) is 4.21. The summed E-state index contributed by atoms with van der Waals surface area (Å²) in [4.78, 5) is 0. The van der Waals surface area contributed by atoms with Gasteiger partial charge in [0, 0.05) is 23.2 Å². The highest BCUT2D eigenvalue weighted by Gasteiger charge is 2.29. The first-order chi connectivity index (χ1) is 14.6. The number of aromatic amines is 1. The molecule has 5 rings (SSSR count). The van der Waals surface area contributed by atoms with Gasteiger partial charge in [-0.3, -0.25) is 5.10 Å². The molecule has 7 heteroatoms. The van der Waals surface area contributed by atoms with Gasteiger partial charge in [-0.25, -0.2) is 4.68 Å². The van der Waals surface area contributed by atoms with Gasteiger partial charge >= 0.3 is 0 Å². The van der Waals surface area contributed by atoms with Gasteiger partial charge in [0.15, 0.2) is 5.82 Å². The van der Waals surface area contributed by atoms with Crippen molar-refractivity contribution in [1.82, 2.24) is 24.7 Å². The van der Waals surface area contributed by atoms with E-state index >= 15 is 0 Å². The molecule has 0 aliphatic heterocycles. The summed E-state index contributed by atoms with van der Waals surface area (Å²) in [7, 11) is 0. The second-order valence-corrected chi connectivity index (χ2v) is 8.14. The first-order valence-electron chi connectivity index (χ1n) is 10.0. The van der Waals surface area contributed by atoms with Crippen LogP contribution in [0, 0.1) is 18.6 Å². The van der Waals surface area contributed by atoms with Crippen LogP contribution in [0.15, 0.2) is 59.8 Å². The quantitative estimate of drug-likeness (QED) is 0.362. The Morgan fingerprint density at radius 1 is 1.13 bits per heavy atom. The van der Waals surface area contributed by atoms with E-state index in [9.17, 15) is 0 Å². The van der Waals surface area contributed by atoms with Gasteiger partial charge in [0.05, 0.1) is 11.9 Å². The minimum atomic E-state index is 0.445. The van der Waals surface area contributed by atoms with Gasteiger partial charge in [-0.05, 0) is 56.6 Å². The summed E-state index contributed by atoms with van der Waals surface area (Å²) in [5.41, 5.74) is 6.32. The van der Waals surface area contributed by atoms with E-state index in [1.807, 2.05) is 47.4 Å². The molecule has 1 aliphatic rings. The Morgan fingerprint density at radius 2 is 1.93 bits per heavy atom. The normalized spacial score (nSPS) is 13.9. The molecule has 0 radical (unpaired) electrons. The highest BCUT2D eigenvalue weighted by Crippen LogP contribution is 2.38. The maximum Gasteiger partial charge on any atom is 0.216 e. The van der Waals surface area contributed by atoms with Crippen molar-refractivity contribution in [3.63, 3.8) is 0 Å². The smallest absolute Gasteiger partial charge is 0.216 e. The van der Waals surface area contributed by atoms with Crippen molar-refractivity contribution < 1.29 is 0 Å². The standard InChI is InChI=1S/C23H22N6S/c1-15-8-11-20(16(2)12-15)21-18(14-28(27-21)19-6-4-3-5-7-19)13-24-29-22(17-9-10-17)25-26-23(29)30/h3-8,11-14,17H,9-10H2,1-2H3,(H,26,30)/b24-13-. The third-order valence-corrected chi connectivity index (χ3v) is 5.59. The molecule has 150 valence electrons. The summed E-state index contributed by atoms with van der Waals surface area (Å²) in [5, 5.41) is 16.8. The summed E-state index contributed by atoms with van der Waals surface area (Å²) < 4.78 is 4.14. The fourth-order valence-corrected chi connectivity index (χ4v) is 3.81. The van der Waals surface area contributed by atoms with E-state index in [4.69, 9.17) is 17.3 Å². The molecule has 30 heavy (non-hydrogen) atoms. The number of benzene rings is 2. The van der Waals surface area contributed by atoms with Crippen LogP contribution in [-0.4, -0.2) is 30.9 Å². The van der Waals surface area contributed by atoms with E-state index in [2.05, 4.69) is 47.3 Å². The second kappa shape index (κ2) is 7.50. The number of nitrogens with one attached hydrogen (secondary N) is 1. The van der Waals surface area contributed by atoms with Crippen LogP contribution in [0.25, 0.3) is 16.9 Å². The van der Waals surface area contributed by atoms with Crippen molar-refractivity contribution in [2.45, 2.75) is 32.6 Å². The second-order valence-electron chi connectivity index (χ2n) is 7.75. The number of aryl methyl sites for hydroxylation is 2. The number of hydrogen-bond acceptors (Lipinski definition) is 4. The first kappa shape index (κ1) is 18.7. The molecule has 1 saturated carbocycles. The Bertz CT molecular complexity index is 1290. The van der Waals surface area contributed by atoms with Crippen LogP contribution in [0.3, 0.4) is 0 Å². The number of H-pyrrole nitrogens is 1. The lowest BCUT2D eigenvalue weighted by atomic mass is 10.0. The molecule has 1 aliphatic carbocycles. The first-order valence-corrected chi connectivity index (χ1v) is 10.5. The summed E-state index contributed by atoms with van der Waals surface area (Å²) in [6.07, 6.45) is 6.11. The fraction of sp³-hybridized carbons (Fsp3) is 0.217. The Hall–Kier alpha value is -3.32. The van der Waals surface area contributed by atoms with Crippen LogP contribution in [0.2, 0.25) is 0 Å². The molecule has 0 bridgehead atoms. The molecule has 0 unspecified atom stereocenters. The zero-order chi connectivity index (χ0) is 20.7. The Labute approximate surface area is 179 Å². The molecule has 0 amide bonds.